The van der Waals surface area contributed by atoms with Gasteiger partial charge in [0.2, 0.25) is 11.9 Å². The van der Waals surface area contributed by atoms with Crippen LogP contribution < -0.4 is 20.4 Å². The van der Waals surface area contributed by atoms with E-state index in [0.717, 1.165) is 24.2 Å². The van der Waals surface area contributed by atoms with E-state index in [-0.39, 0.29) is 17.8 Å². The highest BCUT2D eigenvalue weighted by molar-refractivity contribution is 5.73. The summed E-state index contributed by atoms with van der Waals surface area (Å²) in [5, 5.41) is 12.4. The standard InChI is InChI=1S/C19H26N6O4/c1-3-29-16(26)14-7-5-9-25(12-14)19-22-17(21-18(23-19)24-27)20-11-13-6-4-8-15(10-13)28-2/h4,6,8,10,14,27H,3,5,7,9,11-12H2,1-2H3,(H2,20,21,22,23,24). The topological polar surface area (TPSA) is 122 Å². The Labute approximate surface area is 169 Å². The van der Waals surface area contributed by atoms with Gasteiger partial charge in [0.05, 0.1) is 19.6 Å². The molecule has 0 bridgehead atoms. The number of benzene rings is 1. The Kier molecular flexibility index (Phi) is 7.01. The summed E-state index contributed by atoms with van der Waals surface area (Å²) in [5.74, 6) is 1.06. The molecule has 156 valence electrons. The maximum Gasteiger partial charge on any atom is 0.310 e. The van der Waals surface area contributed by atoms with Crippen molar-refractivity contribution in [2.45, 2.75) is 26.3 Å². The first-order valence-corrected chi connectivity index (χ1v) is 9.57. The van der Waals surface area contributed by atoms with Crippen molar-refractivity contribution >= 4 is 23.8 Å². The summed E-state index contributed by atoms with van der Waals surface area (Å²) in [6.45, 7) is 3.79. The molecule has 29 heavy (non-hydrogen) atoms. The molecule has 0 spiro atoms. The van der Waals surface area contributed by atoms with E-state index >= 15 is 0 Å². The highest BCUT2D eigenvalue weighted by Gasteiger charge is 2.28. The third kappa shape index (κ3) is 5.44. The summed E-state index contributed by atoms with van der Waals surface area (Å²) >= 11 is 0. The Morgan fingerprint density at radius 3 is 2.90 bits per heavy atom. The van der Waals surface area contributed by atoms with Gasteiger partial charge in [0, 0.05) is 19.6 Å². The molecule has 0 amide bonds. The van der Waals surface area contributed by atoms with Gasteiger partial charge in [-0.1, -0.05) is 12.1 Å². The van der Waals surface area contributed by atoms with E-state index in [0.29, 0.717) is 38.1 Å². The molecule has 10 heteroatoms. The summed E-state index contributed by atoms with van der Waals surface area (Å²) in [4.78, 5) is 26.8. The second-order valence-electron chi connectivity index (χ2n) is 6.64. The third-order valence-corrected chi connectivity index (χ3v) is 4.63. The van der Waals surface area contributed by atoms with Crippen LogP contribution in [0.1, 0.15) is 25.3 Å². The molecule has 10 nitrogen and oxygen atoms in total. The zero-order chi connectivity index (χ0) is 20.6. The number of nitrogens with one attached hydrogen (secondary N) is 2. The van der Waals surface area contributed by atoms with Gasteiger partial charge in [-0.25, -0.2) is 5.48 Å². The number of esters is 1. The molecule has 2 heterocycles. The summed E-state index contributed by atoms with van der Waals surface area (Å²) in [7, 11) is 1.62. The van der Waals surface area contributed by atoms with Gasteiger partial charge in [0.15, 0.2) is 0 Å². The minimum atomic E-state index is -0.223. The lowest BCUT2D eigenvalue weighted by Gasteiger charge is -2.31. The molecule has 0 radical (unpaired) electrons. The minimum absolute atomic E-state index is 0.0291. The van der Waals surface area contributed by atoms with Crippen LogP contribution in [-0.4, -0.2) is 52.9 Å². The third-order valence-electron chi connectivity index (χ3n) is 4.63. The minimum Gasteiger partial charge on any atom is -0.497 e. The molecule has 1 saturated heterocycles. The molecule has 3 rings (SSSR count). The van der Waals surface area contributed by atoms with Crippen molar-refractivity contribution in [1.29, 1.82) is 0 Å². The second-order valence-corrected chi connectivity index (χ2v) is 6.64. The normalized spacial score (nSPS) is 16.2. The second kappa shape index (κ2) is 9.87. The van der Waals surface area contributed by atoms with E-state index in [1.165, 1.54) is 0 Å². The van der Waals surface area contributed by atoms with Crippen molar-refractivity contribution in [2.75, 3.05) is 42.5 Å². The van der Waals surface area contributed by atoms with Crippen LogP contribution in [0.15, 0.2) is 24.3 Å². The molecular weight excluding hydrogens is 376 g/mol. The zero-order valence-corrected chi connectivity index (χ0v) is 16.6. The fraction of sp³-hybridized carbons (Fsp3) is 0.474. The molecule has 0 saturated carbocycles. The van der Waals surface area contributed by atoms with Crippen molar-refractivity contribution < 1.29 is 19.5 Å². The average molecular weight is 402 g/mol. The number of carbonyl (C=O) groups is 1. The fourth-order valence-corrected chi connectivity index (χ4v) is 3.21. The van der Waals surface area contributed by atoms with Crippen LogP contribution in [-0.2, 0) is 16.1 Å². The number of ether oxygens (including phenoxy) is 2. The van der Waals surface area contributed by atoms with Gasteiger partial charge in [0.25, 0.3) is 5.95 Å². The van der Waals surface area contributed by atoms with Crippen LogP contribution >= 0.6 is 0 Å². The molecule has 0 aliphatic carbocycles. The molecule has 1 aliphatic heterocycles. The van der Waals surface area contributed by atoms with Gasteiger partial charge in [-0.3, -0.25) is 10.0 Å². The van der Waals surface area contributed by atoms with E-state index in [4.69, 9.17) is 9.47 Å². The van der Waals surface area contributed by atoms with Crippen LogP contribution in [0.2, 0.25) is 0 Å². The van der Waals surface area contributed by atoms with E-state index in [2.05, 4.69) is 20.3 Å². The molecule has 1 aromatic carbocycles. The van der Waals surface area contributed by atoms with Crippen molar-refractivity contribution in [2.24, 2.45) is 5.92 Å². The summed E-state index contributed by atoms with van der Waals surface area (Å²) in [6.07, 6.45) is 1.59. The molecule has 1 unspecified atom stereocenters. The molecule has 1 atom stereocenters. The highest BCUT2D eigenvalue weighted by Crippen LogP contribution is 2.23. The van der Waals surface area contributed by atoms with Gasteiger partial charge in [-0.05, 0) is 37.5 Å². The lowest BCUT2D eigenvalue weighted by molar-refractivity contribution is -0.148. The molecular formula is C19H26N6O4. The molecule has 2 aromatic rings. The van der Waals surface area contributed by atoms with E-state index in [9.17, 15) is 10.0 Å². The van der Waals surface area contributed by atoms with Crippen molar-refractivity contribution in [3.8, 4) is 5.75 Å². The first-order valence-electron chi connectivity index (χ1n) is 9.57. The maximum atomic E-state index is 12.1. The van der Waals surface area contributed by atoms with Crippen molar-refractivity contribution in [3.05, 3.63) is 29.8 Å². The Hall–Kier alpha value is -3.14. The number of anilines is 3. The van der Waals surface area contributed by atoms with Gasteiger partial charge >= 0.3 is 5.97 Å². The first-order chi connectivity index (χ1) is 14.1. The summed E-state index contributed by atoms with van der Waals surface area (Å²) in [6, 6.07) is 7.64. The lowest BCUT2D eigenvalue weighted by Crippen LogP contribution is -2.40. The Morgan fingerprint density at radius 1 is 1.31 bits per heavy atom. The van der Waals surface area contributed by atoms with Crippen LogP contribution in [0, 0.1) is 5.92 Å². The fourth-order valence-electron chi connectivity index (χ4n) is 3.21. The quantitative estimate of drug-likeness (QED) is 0.447. The van der Waals surface area contributed by atoms with Gasteiger partial charge in [0.1, 0.15) is 5.75 Å². The number of rotatable bonds is 8. The monoisotopic (exact) mass is 402 g/mol. The summed E-state index contributed by atoms with van der Waals surface area (Å²) in [5.41, 5.74) is 2.97. The van der Waals surface area contributed by atoms with E-state index in [1.54, 1.807) is 14.0 Å². The number of nitrogens with zero attached hydrogens (tertiary/aromatic N) is 4. The zero-order valence-electron chi connectivity index (χ0n) is 16.6. The van der Waals surface area contributed by atoms with Crippen LogP contribution in [0.25, 0.3) is 0 Å². The van der Waals surface area contributed by atoms with Crippen molar-refractivity contribution in [3.63, 3.8) is 0 Å². The number of piperidine rings is 1. The van der Waals surface area contributed by atoms with Crippen LogP contribution in [0.4, 0.5) is 17.8 Å². The predicted octanol–water partition coefficient (Wildman–Crippen LogP) is 2.07. The van der Waals surface area contributed by atoms with E-state index in [1.807, 2.05) is 34.6 Å². The number of hydrogen-bond acceptors (Lipinski definition) is 10. The van der Waals surface area contributed by atoms with Gasteiger partial charge < -0.3 is 19.7 Å². The molecule has 3 N–H and O–H groups in total. The lowest BCUT2D eigenvalue weighted by atomic mass is 9.98. The number of aromatic nitrogens is 3. The summed E-state index contributed by atoms with van der Waals surface area (Å²) < 4.78 is 10.4. The Bertz CT molecular complexity index is 834. The smallest absolute Gasteiger partial charge is 0.310 e. The average Bonchev–Trinajstić information content (AvgIpc) is 2.78. The highest BCUT2D eigenvalue weighted by atomic mass is 16.5. The Morgan fingerprint density at radius 2 is 2.14 bits per heavy atom. The Balaban J connectivity index is 1.73. The molecule has 1 aromatic heterocycles. The van der Waals surface area contributed by atoms with E-state index < -0.39 is 0 Å². The molecule has 1 aliphatic rings. The first kappa shape index (κ1) is 20.6. The van der Waals surface area contributed by atoms with Gasteiger partial charge in [-0.2, -0.15) is 15.0 Å². The number of methoxy groups -OCH3 is 1. The van der Waals surface area contributed by atoms with Crippen LogP contribution in [0.5, 0.6) is 5.75 Å². The number of carbonyl (C=O) groups excluding carboxylic acids is 1. The number of hydrogen-bond donors (Lipinski definition) is 3. The SMILES string of the molecule is CCOC(=O)C1CCCN(c2nc(NO)nc(NCc3cccc(OC)c3)n2)C1. The predicted molar refractivity (Wildman–Crippen MR) is 107 cm³/mol. The maximum absolute atomic E-state index is 12.1. The van der Waals surface area contributed by atoms with Crippen LogP contribution in [0.3, 0.4) is 0 Å². The molecule has 1 fully saturated rings. The largest absolute Gasteiger partial charge is 0.497 e. The van der Waals surface area contributed by atoms with Gasteiger partial charge in [-0.15, -0.1) is 0 Å². The van der Waals surface area contributed by atoms with Crippen molar-refractivity contribution in [1.82, 2.24) is 15.0 Å².